The Morgan fingerprint density at radius 1 is 0.861 bits per heavy atom. The van der Waals surface area contributed by atoms with Crippen LogP contribution in [0.1, 0.15) is 10.4 Å². The minimum Gasteiger partial charge on any atom is -0.340 e. The lowest BCUT2D eigenvalue weighted by atomic mass is 10.1. The van der Waals surface area contributed by atoms with E-state index >= 15 is 0 Å². The normalized spacial score (nSPS) is 16.3. The van der Waals surface area contributed by atoms with Crippen molar-refractivity contribution in [3.63, 3.8) is 0 Å². The highest BCUT2D eigenvalue weighted by Gasteiger charge is 2.77. The van der Waals surface area contributed by atoms with Gasteiger partial charge >= 0.3 is 23.4 Å². The van der Waals surface area contributed by atoms with E-state index < -0.39 is 87.2 Å². The molecule has 3 amide bonds. The number of ether oxygens (including phenoxy) is 1. The quantitative estimate of drug-likeness (QED) is 0.500. The largest absolute Gasteiger partial charge is 0.444 e. The summed E-state index contributed by atoms with van der Waals surface area (Å²) in [4.78, 5) is 24.0. The fraction of sp³-hybridized carbons (Fsp3) is 0.263. The highest BCUT2D eigenvalue weighted by molar-refractivity contribution is 7.86. The summed E-state index contributed by atoms with van der Waals surface area (Å²) in [6, 6.07) is 1.37. The summed E-state index contributed by atoms with van der Waals surface area (Å²) in [7, 11) is -4.54. The van der Waals surface area contributed by atoms with Crippen LogP contribution in [0.3, 0.4) is 0 Å². The van der Waals surface area contributed by atoms with Crippen LogP contribution in [-0.2, 0) is 15.5 Å². The molecule has 0 N–H and O–H groups in total. The van der Waals surface area contributed by atoms with Crippen LogP contribution in [0.2, 0.25) is 0 Å². The zero-order valence-electron chi connectivity index (χ0n) is 17.1. The topological polar surface area (TPSA) is 66.9 Å². The van der Waals surface area contributed by atoms with Crippen molar-refractivity contribution in [1.29, 1.82) is 0 Å². The van der Waals surface area contributed by atoms with Crippen LogP contribution in [-0.4, -0.2) is 51.9 Å². The summed E-state index contributed by atoms with van der Waals surface area (Å²) >= 11 is 0. The molecular weight excluding hydrogens is 542 g/mol. The molecule has 196 valence electrons. The third-order valence-electron chi connectivity index (χ3n) is 4.73. The summed E-state index contributed by atoms with van der Waals surface area (Å²) in [6.45, 7) is -1.67. The van der Waals surface area contributed by atoms with Gasteiger partial charge in [-0.1, -0.05) is 6.07 Å². The monoisotopic (exact) mass is 552 g/mol. The van der Waals surface area contributed by atoms with Gasteiger partial charge in [-0.05, 0) is 30.3 Å². The summed E-state index contributed by atoms with van der Waals surface area (Å²) in [5.41, 5.74) is -2.07. The number of nitrogens with zero attached hydrogens (tertiary/aromatic N) is 2. The Labute approximate surface area is 196 Å². The molecule has 6 nitrogen and oxygen atoms in total. The number of hydrogen-bond donors (Lipinski definition) is 0. The molecule has 1 heterocycles. The Balaban J connectivity index is 1.95. The number of carbonyl (C=O) groups excluding carboxylic acids is 2. The molecule has 1 aliphatic rings. The standard InChI is InChI=1S/C19H10F10N2O4S/c20-10-2-1-3-11(21)14(10)15(32)31-8-35-7-30(16(31)33)13-5-4-9(6-12(13)22)36(34)17(23,18(24,25)26)19(27,28)29/h1-6H,7-8H2. The number of hydrogen-bond acceptors (Lipinski definition) is 4. The first-order valence-electron chi connectivity index (χ1n) is 9.21. The van der Waals surface area contributed by atoms with Gasteiger partial charge in [0.15, 0.2) is 0 Å². The van der Waals surface area contributed by atoms with Crippen LogP contribution in [0.15, 0.2) is 41.3 Å². The Hall–Kier alpha value is -3.21. The second-order valence-electron chi connectivity index (χ2n) is 6.98. The van der Waals surface area contributed by atoms with E-state index in [0.717, 1.165) is 6.07 Å². The van der Waals surface area contributed by atoms with Crippen molar-refractivity contribution in [2.24, 2.45) is 0 Å². The van der Waals surface area contributed by atoms with E-state index in [1.54, 1.807) is 0 Å². The Morgan fingerprint density at radius 3 is 1.92 bits per heavy atom. The Morgan fingerprint density at radius 2 is 1.42 bits per heavy atom. The maximum Gasteiger partial charge on any atom is 0.444 e. The second kappa shape index (κ2) is 9.34. The number of alkyl halides is 7. The summed E-state index contributed by atoms with van der Waals surface area (Å²) in [5, 5.41) is -6.24. The van der Waals surface area contributed by atoms with Gasteiger partial charge in [0.1, 0.15) is 47.3 Å². The smallest absolute Gasteiger partial charge is 0.340 e. The summed E-state index contributed by atoms with van der Waals surface area (Å²) < 4.78 is 150. The molecule has 17 heteroatoms. The van der Waals surface area contributed by atoms with E-state index in [-0.39, 0.29) is 17.0 Å². The van der Waals surface area contributed by atoms with Crippen molar-refractivity contribution in [1.82, 2.24) is 4.90 Å². The average molecular weight is 552 g/mol. The lowest BCUT2D eigenvalue weighted by Crippen LogP contribution is -2.56. The maximum absolute atomic E-state index is 14.6. The van der Waals surface area contributed by atoms with Gasteiger partial charge in [-0.15, -0.1) is 0 Å². The minimum atomic E-state index is -6.69. The molecular formula is C19H10F10N2O4S. The van der Waals surface area contributed by atoms with Crippen LogP contribution < -0.4 is 4.90 Å². The molecule has 1 aliphatic heterocycles. The fourth-order valence-corrected chi connectivity index (χ4v) is 4.14. The van der Waals surface area contributed by atoms with E-state index in [0.29, 0.717) is 23.1 Å². The number of carbonyl (C=O) groups is 2. The first kappa shape index (κ1) is 27.4. The van der Waals surface area contributed by atoms with Crippen molar-refractivity contribution in [3.8, 4) is 0 Å². The van der Waals surface area contributed by atoms with E-state index in [1.807, 2.05) is 0 Å². The molecule has 0 radical (unpaired) electrons. The minimum absolute atomic E-state index is 0.135. The van der Waals surface area contributed by atoms with Crippen molar-refractivity contribution in [3.05, 3.63) is 59.4 Å². The number of urea groups is 1. The molecule has 0 aliphatic carbocycles. The number of amides is 3. The number of benzene rings is 2. The van der Waals surface area contributed by atoms with Crippen LogP contribution in [0.5, 0.6) is 0 Å². The first-order chi connectivity index (χ1) is 16.5. The van der Waals surface area contributed by atoms with Crippen LogP contribution >= 0.6 is 0 Å². The van der Waals surface area contributed by atoms with Crippen molar-refractivity contribution >= 4 is 28.4 Å². The summed E-state index contributed by atoms with van der Waals surface area (Å²) in [5.74, 6) is -6.01. The SMILES string of the molecule is O=C(c1c(F)cccc1F)N1COCN(c2ccc(S(=O)C(F)(C(F)(F)F)C(F)(F)F)cc2F)C1=O. The lowest BCUT2D eigenvalue weighted by molar-refractivity contribution is -0.304. The maximum atomic E-state index is 14.6. The third-order valence-corrected chi connectivity index (χ3v) is 6.39. The van der Waals surface area contributed by atoms with Gasteiger partial charge in [0.2, 0.25) is 0 Å². The lowest BCUT2D eigenvalue weighted by Gasteiger charge is -2.34. The third kappa shape index (κ3) is 4.52. The van der Waals surface area contributed by atoms with Crippen LogP contribution in [0, 0.1) is 17.5 Å². The molecule has 0 saturated carbocycles. The molecule has 2 aromatic rings. The van der Waals surface area contributed by atoms with Crippen LogP contribution in [0.4, 0.5) is 54.4 Å². The zero-order valence-corrected chi connectivity index (χ0v) is 17.9. The second-order valence-corrected chi connectivity index (χ2v) is 8.55. The first-order valence-corrected chi connectivity index (χ1v) is 10.4. The van der Waals surface area contributed by atoms with Gasteiger partial charge in [0.05, 0.1) is 5.69 Å². The van der Waals surface area contributed by atoms with Gasteiger partial charge in [0.25, 0.3) is 5.91 Å². The molecule has 1 saturated heterocycles. The van der Waals surface area contributed by atoms with Crippen LogP contribution in [0.25, 0.3) is 0 Å². The number of anilines is 1. The molecule has 3 rings (SSSR count). The molecule has 2 aromatic carbocycles. The van der Waals surface area contributed by atoms with Gasteiger partial charge in [-0.2, -0.15) is 26.3 Å². The Bertz CT molecular complexity index is 1200. The highest BCUT2D eigenvalue weighted by Crippen LogP contribution is 2.50. The molecule has 0 bridgehead atoms. The number of rotatable bonds is 4. The predicted octanol–water partition coefficient (Wildman–Crippen LogP) is 5.02. The molecule has 1 unspecified atom stereocenters. The molecule has 0 aromatic heterocycles. The Kier molecular flexibility index (Phi) is 7.11. The van der Waals surface area contributed by atoms with Gasteiger partial charge in [-0.25, -0.2) is 27.3 Å². The fourth-order valence-electron chi connectivity index (χ4n) is 2.99. The van der Waals surface area contributed by atoms with Crippen molar-refractivity contribution in [2.45, 2.75) is 22.2 Å². The zero-order chi connectivity index (χ0) is 27.2. The highest BCUT2D eigenvalue weighted by atomic mass is 32.2. The van der Waals surface area contributed by atoms with E-state index in [1.165, 1.54) is 0 Å². The average Bonchev–Trinajstić information content (AvgIpc) is 2.76. The molecule has 0 spiro atoms. The van der Waals surface area contributed by atoms with Crippen molar-refractivity contribution in [2.75, 3.05) is 18.4 Å². The van der Waals surface area contributed by atoms with Gasteiger partial charge in [-0.3, -0.25) is 13.9 Å². The van der Waals surface area contributed by atoms with Gasteiger partial charge < -0.3 is 4.74 Å². The summed E-state index contributed by atoms with van der Waals surface area (Å²) in [6.07, 6.45) is -13.4. The van der Waals surface area contributed by atoms with Gasteiger partial charge in [0, 0.05) is 4.90 Å². The van der Waals surface area contributed by atoms with E-state index in [2.05, 4.69) is 0 Å². The predicted molar refractivity (Wildman–Crippen MR) is 100.0 cm³/mol. The number of imide groups is 1. The number of halogens is 10. The molecule has 36 heavy (non-hydrogen) atoms. The molecule has 1 atom stereocenters. The molecule has 1 fully saturated rings. The van der Waals surface area contributed by atoms with E-state index in [4.69, 9.17) is 4.74 Å². The van der Waals surface area contributed by atoms with Crippen molar-refractivity contribution < 1.29 is 62.4 Å². The van der Waals surface area contributed by atoms with E-state index in [9.17, 15) is 57.7 Å².